The SMILES string of the molecule is COc1ccc(S(=O)(=O)N2CCC3(CC2)CC(=O)c2cc(C#N)ccc2O3)cc1OC. The van der Waals surface area contributed by atoms with Gasteiger partial charge >= 0.3 is 0 Å². The first-order valence-electron chi connectivity index (χ1n) is 9.80. The highest BCUT2D eigenvalue weighted by Gasteiger charge is 2.45. The third-order valence-electron chi connectivity index (χ3n) is 5.84. The second-order valence-corrected chi connectivity index (χ2v) is 9.57. The Morgan fingerprint density at radius 2 is 1.77 bits per heavy atom. The van der Waals surface area contributed by atoms with Crippen LogP contribution in [-0.2, 0) is 10.0 Å². The molecule has 1 saturated heterocycles. The molecule has 0 saturated carbocycles. The van der Waals surface area contributed by atoms with Crippen LogP contribution in [0.3, 0.4) is 0 Å². The zero-order chi connectivity index (χ0) is 22.2. The third kappa shape index (κ3) is 3.73. The lowest BCUT2D eigenvalue weighted by Crippen LogP contribution is -2.52. The molecule has 8 nitrogen and oxygen atoms in total. The van der Waals surface area contributed by atoms with Gasteiger partial charge in [-0.3, -0.25) is 4.79 Å². The molecule has 1 fully saturated rings. The minimum absolute atomic E-state index is 0.0884. The van der Waals surface area contributed by atoms with E-state index in [0.29, 0.717) is 41.2 Å². The number of fused-ring (bicyclic) bond motifs is 1. The van der Waals surface area contributed by atoms with Gasteiger partial charge in [0.05, 0.1) is 42.7 Å². The third-order valence-corrected chi connectivity index (χ3v) is 7.74. The number of carbonyl (C=O) groups is 1. The first kappa shape index (κ1) is 21.2. The van der Waals surface area contributed by atoms with Crippen molar-refractivity contribution in [1.29, 1.82) is 5.26 Å². The number of nitrogens with zero attached hydrogens (tertiary/aromatic N) is 2. The molecular formula is C22H22N2O6S. The van der Waals surface area contributed by atoms with Crippen LogP contribution < -0.4 is 14.2 Å². The van der Waals surface area contributed by atoms with Gasteiger partial charge < -0.3 is 14.2 Å². The number of ether oxygens (including phenoxy) is 3. The predicted molar refractivity (Wildman–Crippen MR) is 111 cm³/mol. The molecule has 0 amide bonds. The molecule has 0 radical (unpaired) electrons. The van der Waals surface area contributed by atoms with Crippen LogP contribution in [0.4, 0.5) is 0 Å². The van der Waals surface area contributed by atoms with Crippen LogP contribution in [0.1, 0.15) is 35.2 Å². The second-order valence-electron chi connectivity index (χ2n) is 7.63. The Hall–Kier alpha value is -3.09. The van der Waals surface area contributed by atoms with E-state index in [0.717, 1.165) is 0 Å². The van der Waals surface area contributed by atoms with Crippen molar-refractivity contribution >= 4 is 15.8 Å². The molecule has 0 bridgehead atoms. The Bertz CT molecular complexity index is 1180. The van der Waals surface area contributed by atoms with Crippen LogP contribution in [0, 0.1) is 11.3 Å². The van der Waals surface area contributed by atoms with E-state index in [1.807, 2.05) is 6.07 Å². The Labute approximate surface area is 181 Å². The maximum Gasteiger partial charge on any atom is 0.243 e. The summed E-state index contributed by atoms with van der Waals surface area (Å²) in [5.41, 5.74) is 0.0783. The molecule has 0 aromatic heterocycles. The van der Waals surface area contributed by atoms with E-state index in [1.54, 1.807) is 24.3 Å². The highest BCUT2D eigenvalue weighted by molar-refractivity contribution is 7.89. The number of Topliss-reactive ketones (excluding diaryl/α,β-unsaturated/α-hetero) is 1. The molecule has 2 aliphatic heterocycles. The van der Waals surface area contributed by atoms with Gasteiger partial charge in [-0.05, 0) is 30.3 Å². The minimum atomic E-state index is -3.74. The molecule has 2 aromatic carbocycles. The second kappa shape index (κ2) is 7.87. The Balaban J connectivity index is 1.53. The van der Waals surface area contributed by atoms with Crippen LogP contribution >= 0.6 is 0 Å². The maximum atomic E-state index is 13.2. The summed E-state index contributed by atoms with van der Waals surface area (Å²) in [6, 6.07) is 11.3. The van der Waals surface area contributed by atoms with Crippen molar-refractivity contribution in [2.24, 2.45) is 0 Å². The lowest BCUT2D eigenvalue weighted by Gasteiger charge is -2.43. The van der Waals surface area contributed by atoms with Crippen LogP contribution in [0.2, 0.25) is 0 Å². The predicted octanol–water partition coefficient (Wildman–Crippen LogP) is 2.76. The highest BCUT2D eigenvalue weighted by Crippen LogP contribution is 2.41. The summed E-state index contributed by atoms with van der Waals surface area (Å²) < 4.78 is 44.3. The Morgan fingerprint density at radius 1 is 1.06 bits per heavy atom. The van der Waals surface area contributed by atoms with Gasteiger partial charge in [-0.1, -0.05) is 0 Å². The van der Waals surface area contributed by atoms with E-state index in [4.69, 9.17) is 19.5 Å². The van der Waals surface area contributed by atoms with Crippen molar-refractivity contribution in [3.8, 4) is 23.3 Å². The average molecular weight is 442 g/mol. The molecule has 0 atom stereocenters. The minimum Gasteiger partial charge on any atom is -0.493 e. The number of piperidine rings is 1. The summed E-state index contributed by atoms with van der Waals surface area (Å²) in [6.07, 6.45) is 0.953. The van der Waals surface area contributed by atoms with E-state index in [9.17, 15) is 13.2 Å². The number of methoxy groups -OCH3 is 2. The van der Waals surface area contributed by atoms with Crippen molar-refractivity contribution in [1.82, 2.24) is 4.31 Å². The van der Waals surface area contributed by atoms with Crippen molar-refractivity contribution < 1.29 is 27.4 Å². The summed E-state index contributed by atoms with van der Waals surface area (Å²) in [4.78, 5) is 12.8. The quantitative estimate of drug-likeness (QED) is 0.717. The fourth-order valence-corrected chi connectivity index (χ4v) is 5.56. The Kier molecular flexibility index (Phi) is 5.37. The largest absolute Gasteiger partial charge is 0.493 e. The number of hydrogen-bond acceptors (Lipinski definition) is 7. The van der Waals surface area contributed by atoms with Gasteiger partial charge in [-0.25, -0.2) is 8.42 Å². The van der Waals surface area contributed by atoms with Gasteiger partial charge in [0, 0.05) is 32.0 Å². The number of hydrogen-bond donors (Lipinski definition) is 0. The van der Waals surface area contributed by atoms with E-state index in [1.165, 1.54) is 30.7 Å². The molecule has 0 unspecified atom stereocenters. The van der Waals surface area contributed by atoms with Crippen molar-refractivity contribution in [3.05, 3.63) is 47.5 Å². The van der Waals surface area contributed by atoms with Crippen molar-refractivity contribution in [2.75, 3.05) is 27.3 Å². The fraction of sp³-hybridized carbons (Fsp3) is 0.364. The number of benzene rings is 2. The van der Waals surface area contributed by atoms with Gasteiger partial charge in [0.1, 0.15) is 11.4 Å². The topological polar surface area (TPSA) is 106 Å². The van der Waals surface area contributed by atoms with E-state index >= 15 is 0 Å². The molecule has 162 valence electrons. The number of sulfonamides is 1. The average Bonchev–Trinajstić information content (AvgIpc) is 2.78. The molecule has 1 spiro atoms. The lowest BCUT2D eigenvalue weighted by atomic mass is 9.83. The lowest BCUT2D eigenvalue weighted by molar-refractivity contribution is 0.00590. The number of nitriles is 1. The van der Waals surface area contributed by atoms with E-state index < -0.39 is 15.6 Å². The fourth-order valence-electron chi connectivity index (χ4n) is 4.10. The monoisotopic (exact) mass is 442 g/mol. The van der Waals surface area contributed by atoms with Crippen LogP contribution in [-0.4, -0.2) is 51.4 Å². The molecule has 0 N–H and O–H groups in total. The molecule has 9 heteroatoms. The molecule has 2 heterocycles. The maximum absolute atomic E-state index is 13.2. The molecule has 2 aromatic rings. The smallest absolute Gasteiger partial charge is 0.243 e. The summed E-state index contributed by atoms with van der Waals surface area (Å²) >= 11 is 0. The molecule has 4 rings (SSSR count). The van der Waals surface area contributed by atoms with E-state index in [-0.39, 0.29) is 30.2 Å². The highest BCUT2D eigenvalue weighted by atomic mass is 32.2. The van der Waals surface area contributed by atoms with Crippen molar-refractivity contribution in [3.63, 3.8) is 0 Å². The van der Waals surface area contributed by atoms with Crippen molar-refractivity contribution in [2.45, 2.75) is 29.8 Å². The zero-order valence-corrected chi connectivity index (χ0v) is 18.1. The standard InChI is InChI=1S/C22H22N2O6S/c1-28-20-6-4-16(12-21(20)29-2)31(26,27)24-9-7-22(8-10-24)13-18(25)17-11-15(14-23)3-5-19(17)30-22/h3-6,11-12H,7-10,13H2,1-2H3. The zero-order valence-electron chi connectivity index (χ0n) is 17.3. The first-order chi connectivity index (χ1) is 14.8. The van der Waals surface area contributed by atoms with Gasteiger partial charge in [-0.15, -0.1) is 0 Å². The van der Waals surface area contributed by atoms with Gasteiger partial charge in [0.25, 0.3) is 0 Å². The molecular weight excluding hydrogens is 420 g/mol. The Morgan fingerprint density at radius 3 is 2.42 bits per heavy atom. The van der Waals surface area contributed by atoms with Crippen LogP contribution in [0.15, 0.2) is 41.3 Å². The van der Waals surface area contributed by atoms with Crippen LogP contribution in [0.5, 0.6) is 17.2 Å². The number of ketones is 1. The van der Waals surface area contributed by atoms with E-state index in [2.05, 4.69) is 0 Å². The van der Waals surface area contributed by atoms with Gasteiger partial charge in [-0.2, -0.15) is 9.57 Å². The normalized spacial score (nSPS) is 18.0. The molecule has 0 aliphatic carbocycles. The summed E-state index contributed by atoms with van der Waals surface area (Å²) in [5, 5.41) is 9.05. The first-order valence-corrected chi connectivity index (χ1v) is 11.2. The van der Waals surface area contributed by atoms with Gasteiger partial charge in [0.15, 0.2) is 17.3 Å². The number of rotatable bonds is 4. The summed E-state index contributed by atoms with van der Waals surface area (Å²) in [6.45, 7) is 0.463. The molecule has 2 aliphatic rings. The summed E-state index contributed by atoms with van der Waals surface area (Å²) in [7, 11) is -0.798. The van der Waals surface area contributed by atoms with Gasteiger partial charge in [0.2, 0.25) is 10.0 Å². The van der Waals surface area contributed by atoms with Crippen LogP contribution in [0.25, 0.3) is 0 Å². The molecule has 31 heavy (non-hydrogen) atoms. The summed E-state index contributed by atoms with van der Waals surface area (Å²) in [5.74, 6) is 1.15. The number of carbonyl (C=O) groups excluding carboxylic acids is 1.